The van der Waals surface area contributed by atoms with E-state index in [1.807, 2.05) is 0 Å². The molecule has 18 heavy (non-hydrogen) atoms. The molecule has 0 N–H and O–H groups in total. The van der Waals surface area contributed by atoms with E-state index in [9.17, 15) is 9.59 Å². The Morgan fingerprint density at radius 3 is 2.44 bits per heavy atom. The fourth-order valence-electron chi connectivity index (χ4n) is 2.10. The third-order valence-corrected chi connectivity index (χ3v) is 4.72. The Hall–Kier alpha value is -0.510. The molecule has 0 aliphatic heterocycles. The first kappa shape index (κ1) is 15.5. The first-order chi connectivity index (χ1) is 8.48. The smallest absolute Gasteiger partial charge is 0.319 e. The van der Waals surface area contributed by atoms with Gasteiger partial charge in [-0.15, -0.1) is 0 Å². The van der Waals surface area contributed by atoms with Crippen LogP contribution in [0.25, 0.3) is 0 Å². The van der Waals surface area contributed by atoms with E-state index in [1.54, 1.807) is 32.5 Å². The van der Waals surface area contributed by atoms with Crippen LogP contribution in [0.3, 0.4) is 0 Å². The maximum absolute atomic E-state index is 12.0. The summed E-state index contributed by atoms with van der Waals surface area (Å²) < 4.78 is 4.94. The van der Waals surface area contributed by atoms with Gasteiger partial charge >= 0.3 is 5.97 Å². The molecule has 0 radical (unpaired) electrons. The summed E-state index contributed by atoms with van der Waals surface area (Å²) in [5.74, 6) is 1.81. The predicted molar refractivity (Wildman–Crippen MR) is 74.7 cm³/mol. The molecule has 0 atom stereocenters. The molecule has 1 aliphatic rings. The number of thioether (sulfide) groups is 1. The molecule has 0 aromatic heterocycles. The Morgan fingerprint density at radius 1 is 1.28 bits per heavy atom. The van der Waals surface area contributed by atoms with Crippen LogP contribution < -0.4 is 0 Å². The highest BCUT2D eigenvalue weighted by atomic mass is 32.2. The summed E-state index contributed by atoms with van der Waals surface area (Å²) in [5, 5.41) is 0. The number of Topliss-reactive ketones (excluding diaryl/α,β-unsaturated/α-hetero) is 1. The maximum Gasteiger partial charge on any atom is 0.319 e. The third kappa shape index (κ3) is 4.30. The topological polar surface area (TPSA) is 43.4 Å². The Bertz CT molecular complexity index is 293. The quantitative estimate of drug-likeness (QED) is 0.528. The molecular weight excluding hydrogens is 248 g/mol. The standard InChI is InChI=1S/C14H24O3S/c1-4-17-13(16)14(2,3)12(15)10-18-9-11-7-5-6-8-11/h11H,4-10H2,1-3H3. The highest BCUT2D eigenvalue weighted by molar-refractivity contribution is 7.99. The van der Waals surface area contributed by atoms with E-state index in [1.165, 1.54) is 25.7 Å². The molecule has 0 spiro atoms. The molecule has 0 bridgehead atoms. The van der Waals surface area contributed by atoms with Gasteiger partial charge in [0.1, 0.15) is 5.41 Å². The second-order valence-corrected chi connectivity index (χ2v) is 6.46. The summed E-state index contributed by atoms with van der Waals surface area (Å²) in [4.78, 5) is 23.7. The van der Waals surface area contributed by atoms with Gasteiger partial charge in [0.05, 0.1) is 12.4 Å². The van der Waals surface area contributed by atoms with Crippen molar-refractivity contribution in [1.29, 1.82) is 0 Å². The monoisotopic (exact) mass is 272 g/mol. The summed E-state index contributed by atoms with van der Waals surface area (Å²) in [6, 6.07) is 0. The van der Waals surface area contributed by atoms with Crippen molar-refractivity contribution in [2.75, 3.05) is 18.1 Å². The van der Waals surface area contributed by atoms with Crippen LogP contribution in [-0.2, 0) is 14.3 Å². The van der Waals surface area contributed by atoms with E-state index in [4.69, 9.17) is 4.74 Å². The van der Waals surface area contributed by atoms with E-state index in [-0.39, 0.29) is 5.78 Å². The lowest BCUT2D eigenvalue weighted by molar-refractivity contribution is -0.157. The summed E-state index contributed by atoms with van der Waals surface area (Å²) in [7, 11) is 0. The van der Waals surface area contributed by atoms with Gasteiger partial charge in [0, 0.05) is 0 Å². The van der Waals surface area contributed by atoms with Crippen molar-refractivity contribution in [3.05, 3.63) is 0 Å². The van der Waals surface area contributed by atoms with Crippen molar-refractivity contribution >= 4 is 23.5 Å². The number of rotatable bonds is 7. The Balaban J connectivity index is 2.31. The number of carbonyl (C=O) groups is 2. The SMILES string of the molecule is CCOC(=O)C(C)(C)C(=O)CSCC1CCCC1. The summed E-state index contributed by atoms with van der Waals surface area (Å²) >= 11 is 1.66. The zero-order valence-corrected chi connectivity index (χ0v) is 12.5. The number of hydrogen-bond donors (Lipinski definition) is 0. The molecule has 1 saturated carbocycles. The Labute approximate surface area is 114 Å². The van der Waals surface area contributed by atoms with E-state index in [0.717, 1.165) is 11.7 Å². The zero-order chi connectivity index (χ0) is 13.6. The minimum absolute atomic E-state index is 0.0241. The van der Waals surface area contributed by atoms with Gasteiger partial charge in [0.2, 0.25) is 0 Å². The predicted octanol–water partition coefficient (Wildman–Crippen LogP) is 3.07. The van der Waals surface area contributed by atoms with Crippen LogP contribution in [0.2, 0.25) is 0 Å². The summed E-state index contributed by atoms with van der Waals surface area (Å²) in [6.45, 7) is 5.39. The number of ether oxygens (including phenoxy) is 1. The summed E-state index contributed by atoms with van der Waals surface area (Å²) in [6.07, 6.45) is 5.24. The van der Waals surface area contributed by atoms with Crippen molar-refractivity contribution in [1.82, 2.24) is 0 Å². The van der Waals surface area contributed by atoms with Crippen LogP contribution in [0.15, 0.2) is 0 Å². The maximum atomic E-state index is 12.0. The molecule has 0 aromatic rings. The second-order valence-electron chi connectivity index (χ2n) is 5.43. The van der Waals surface area contributed by atoms with E-state index >= 15 is 0 Å². The fourth-order valence-corrected chi connectivity index (χ4v) is 3.43. The molecule has 3 nitrogen and oxygen atoms in total. The second kappa shape index (κ2) is 7.17. The first-order valence-corrected chi connectivity index (χ1v) is 7.92. The minimum atomic E-state index is -1.00. The molecule has 1 fully saturated rings. The van der Waals surface area contributed by atoms with Gasteiger partial charge in [-0.2, -0.15) is 11.8 Å². The van der Waals surface area contributed by atoms with Crippen LogP contribution in [0, 0.1) is 11.3 Å². The van der Waals surface area contributed by atoms with Gasteiger partial charge in [0.15, 0.2) is 5.78 Å². The largest absolute Gasteiger partial charge is 0.465 e. The van der Waals surface area contributed by atoms with Gasteiger partial charge in [-0.3, -0.25) is 9.59 Å². The number of carbonyl (C=O) groups excluding carboxylic acids is 2. The van der Waals surface area contributed by atoms with Crippen molar-refractivity contribution in [2.45, 2.75) is 46.5 Å². The molecule has 1 aliphatic carbocycles. The van der Waals surface area contributed by atoms with Crippen LogP contribution in [0.1, 0.15) is 46.5 Å². The highest BCUT2D eigenvalue weighted by Crippen LogP contribution is 2.29. The number of hydrogen-bond acceptors (Lipinski definition) is 4. The molecule has 0 aromatic carbocycles. The van der Waals surface area contributed by atoms with Crippen LogP contribution in [-0.4, -0.2) is 29.9 Å². The first-order valence-electron chi connectivity index (χ1n) is 6.76. The van der Waals surface area contributed by atoms with Crippen molar-refractivity contribution in [3.63, 3.8) is 0 Å². The molecule has 4 heteroatoms. The van der Waals surface area contributed by atoms with Crippen molar-refractivity contribution in [2.24, 2.45) is 11.3 Å². The molecule has 0 heterocycles. The van der Waals surface area contributed by atoms with Crippen LogP contribution in [0.5, 0.6) is 0 Å². The molecule has 0 amide bonds. The lowest BCUT2D eigenvalue weighted by atomic mass is 9.89. The number of esters is 1. The van der Waals surface area contributed by atoms with Gasteiger partial charge in [-0.05, 0) is 45.3 Å². The normalized spacial score (nSPS) is 16.8. The lowest BCUT2D eigenvalue weighted by Crippen LogP contribution is -2.36. The summed E-state index contributed by atoms with van der Waals surface area (Å²) in [5.41, 5.74) is -1.00. The van der Waals surface area contributed by atoms with E-state index < -0.39 is 11.4 Å². The molecule has 0 saturated heterocycles. The number of ketones is 1. The van der Waals surface area contributed by atoms with Crippen molar-refractivity contribution < 1.29 is 14.3 Å². The highest BCUT2D eigenvalue weighted by Gasteiger charge is 2.36. The average molecular weight is 272 g/mol. The Kier molecular flexibility index (Phi) is 6.19. The van der Waals surface area contributed by atoms with E-state index in [0.29, 0.717) is 12.4 Å². The van der Waals surface area contributed by atoms with Crippen molar-refractivity contribution in [3.8, 4) is 0 Å². The van der Waals surface area contributed by atoms with Crippen LogP contribution >= 0.6 is 11.8 Å². The average Bonchev–Trinajstić information content (AvgIpc) is 2.82. The van der Waals surface area contributed by atoms with Crippen LogP contribution in [0.4, 0.5) is 0 Å². The van der Waals surface area contributed by atoms with Gasteiger partial charge in [0.25, 0.3) is 0 Å². The minimum Gasteiger partial charge on any atom is -0.465 e. The Morgan fingerprint density at radius 2 is 1.89 bits per heavy atom. The molecule has 1 rings (SSSR count). The molecule has 0 unspecified atom stereocenters. The fraction of sp³-hybridized carbons (Fsp3) is 0.857. The third-order valence-electron chi connectivity index (χ3n) is 3.54. The van der Waals surface area contributed by atoms with Gasteiger partial charge < -0.3 is 4.74 Å². The lowest BCUT2D eigenvalue weighted by Gasteiger charge is -2.20. The molecular formula is C14H24O3S. The zero-order valence-electron chi connectivity index (χ0n) is 11.7. The van der Waals surface area contributed by atoms with E-state index in [2.05, 4.69) is 0 Å². The molecule has 104 valence electrons. The van der Waals surface area contributed by atoms with Gasteiger partial charge in [-0.1, -0.05) is 12.8 Å². The van der Waals surface area contributed by atoms with Gasteiger partial charge in [-0.25, -0.2) is 0 Å².